The van der Waals surface area contributed by atoms with E-state index in [1.165, 1.54) is 19.4 Å². The molecule has 0 aromatic carbocycles. The van der Waals surface area contributed by atoms with Crippen LogP contribution < -0.4 is 5.48 Å². The summed E-state index contributed by atoms with van der Waals surface area (Å²) in [7, 11) is 2.16. The highest BCUT2D eigenvalue weighted by Crippen LogP contribution is 2.07. The SMILES string of the molecule is CC(C)CONC1CCCN(C)C1. The topological polar surface area (TPSA) is 24.5 Å². The molecule has 0 aromatic rings. The van der Waals surface area contributed by atoms with Crippen LogP contribution in [0.2, 0.25) is 0 Å². The van der Waals surface area contributed by atoms with E-state index in [0.717, 1.165) is 13.2 Å². The lowest BCUT2D eigenvalue weighted by Crippen LogP contribution is -2.44. The summed E-state index contributed by atoms with van der Waals surface area (Å²) < 4.78 is 0. The summed E-state index contributed by atoms with van der Waals surface area (Å²) in [6.45, 7) is 7.46. The molecule has 0 aliphatic carbocycles. The predicted molar refractivity (Wildman–Crippen MR) is 54.4 cm³/mol. The Balaban J connectivity index is 2.06. The molecule has 13 heavy (non-hydrogen) atoms. The molecule has 3 nitrogen and oxygen atoms in total. The highest BCUT2D eigenvalue weighted by Gasteiger charge is 2.16. The van der Waals surface area contributed by atoms with Crippen LogP contribution in [0, 0.1) is 5.92 Å². The molecule has 3 heteroatoms. The standard InChI is InChI=1S/C10H22N2O/c1-9(2)8-13-11-10-5-4-6-12(3)7-10/h9-11H,4-8H2,1-3H3. The monoisotopic (exact) mass is 186 g/mol. The fourth-order valence-electron chi connectivity index (χ4n) is 1.60. The number of rotatable bonds is 4. The van der Waals surface area contributed by atoms with Crippen molar-refractivity contribution in [1.82, 2.24) is 10.4 Å². The number of nitrogens with one attached hydrogen (secondary N) is 1. The van der Waals surface area contributed by atoms with Gasteiger partial charge in [0, 0.05) is 12.6 Å². The largest absolute Gasteiger partial charge is 0.305 e. The molecular weight excluding hydrogens is 164 g/mol. The summed E-state index contributed by atoms with van der Waals surface area (Å²) in [5, 5.41) is 0. The number of nitrogens with zero attached hydrogens (tertiary/aromatic N) is 1. The van der Waals surface area contributed by atoms with E-state index in [9.17, 15) is 0 Å². The van der Waals surface area contributed by atoms with Gasteiger partial charge in [0.15, 0.2) is 0 Å². The van der Waals surface area contributed by atoms with Crippen LogP contribution in [0.15, 0.2) is 0 Å². The number of hydrogen-bond donors (Lipinski definition) is 1. The average Bonchev–Trinajstić information content (AvgIpc) is 2.03. The second kappa shape index (κ2) is 5.58. The quantitative estimate of drug-likeness (QED) is 0.669. The van der Waals surface area contributed by atoms with E-state index >= 15 is 0 Å². The molecule has 0 spiro atoms. The van der Waals surface area contributed by atoms with Gasteiger partial charge >= 0.3 is 0 Å². The summed E-state index contributed by atoms with van der Waals surface area (Å²) in [5.74, 6) is 0.605. The van der Waals surface area contributed by atoms with Crippen LogP contribution in [-0.4, -0.2) is 37.7 Å². The highest BCUT2D eigenvalue weighted by molar-refractivity contribution is 4.73. The van der Waals surface area contributed by atoms with Crippen molar-refractivity contribution in [3.63, 3.8) is 0 Å². The smallest absolute Gasteiger partial charge is 0.0705 e. The fraction of sp³-hybridized carbons (Fsp3) is 1.00. The van der Waals surface area contributed by atoms with Crippen LogP contribution in [0.3, 0.4) is 0 Å². The molecule has 0 bridgehead atoms. The van der Waals surface area contributed by atoms with E-state index in [2.05, 4.69) is 31.3 Å². The molecule has 78 valence electrons. The first-order chi connectivity index (χ1) is 6.18. The molecule has 1 aliphatic rings. The van der Waals surface area contributed by atoms with Gasteiger partial charge in [0.1, 0.15) is 0 Å². The minimum atomic E-state index is 0.525. The molecule has 0 saturated carbocycles. The fourth-order valence-corrected chi connectivity index (χ4v) is 1.60. The summed E-state index contributed by atoms with van der Waals surface area (Å²) in [6, 6.07) is 0.525. The van der Waals surface area contributed by atoms with Crippen LogP contribution in [0.25, 0.3) is 0 Å². The second-order valence-electron chi connectivity index (χ2n) is 4.42. The number of likely N-dealkylation sites (N-methyl/N-ethyl adjacent to an activating group) is 1. The molecule has 1 rings (SSSR count). The van der Waals surface area contributed by atoms with E-state index in [4.69, 9.17) is 4.84 Å². The molecule has 1 aliphatic heterocycles. The van der Waals surface area contributed by atoms with Gasteiger partial charge in [-0.05, 0) is 32.4 Å². The average molecular weight is 186 g/mol. The maximum atomic E-state index is 5.41. The normalized spacial score (nSPS) is 25.4. The molecule has 1 atom stereocenters. The van der Waals surface area contributed by atoms with Crippen molar-refractivity contribution in [2.75, 3.05) is 26.7 Å². The highest BCUT2D eigenvalue weighted by atomic mass is 16.6. The lowest BCUT2D eigenvalue weighted by atomic mass is 10.1. The van der Waals surface area contributed by atoms with E-state index < -0.39 is 0 Å². The number of likely N-dealkylation sites (tertiary alicyclic amines) is 1. The maximum absolute atomic E-state index is 5.41. The van der Waals surface area contributed by atoms with Gasteiger partial charge in [-0.25, -0.2) is 0 Å². The van der Waals surface area contributed by atoms with Crippen LogP contribution in [0.4, 0.5) is 0 Å². The Bertz CT molecular complexity index is 139. The van der Waals surface area contributed by atoms with Gasteiger partial charge in [0.25, 0.3) is 0 Å². The molecule has 1 unspecified atom stereocenters. The summed E-state index contributed by atoms with van der Waals surface area (Å²) in [6.07, 6.45) is 2.52. The Morgan fingerprint density at radius 3 is 2.92 bits per heavy atom. The maximum Gasteiger partial charge on any atom is 0.0705 e. The van der Waals surface area contributed by atoms with Crippen molar-refractivity contribution >= 4 is 0 Å². The summed E-state index contributed by atoms with van der Waals surface area (Å²) in [4.78, 5) is 7.75. The molecule has 0 amide bonds. The zero-order valence-electron chi connectivity index (χ0n) is 9.05. The number of hydroxylamine groups is 1. The van der Waals surface area contributed by atoms with E-state index in [0.29, 0.717) is 12.0 Å². The third-order valence-corrected chi connectivity index (χ3v) is 2.29. The first kappa shape index (κ1) is 11.0. The molecule has 1 heterocycles. The first-order valence-corrected chi connectivity index (χ1v) is 5.24. The third kappa shape index (κ3) is 4.60. The lowest BCUT2D eigenvalue weighted by molar-refractivity contribution is -0.0140. The second-order valence-corrected chi connectivity index (χ2v) is 4.42. The first-order valence-electron chi connectivity index (χ1n) is 5.24. The van der Waals surface area contributed by atoms with Crippen molar-refractivity contribution in [2.24, 2.45) is 5.92 Å². The Labute approximate surface area is 81.4 Å². The third-order valence-electron chi connectivity index (χ3n) is 2.29. The van der Waals surface area contributed by atoms with Crippen LogP contribution >= 0.6 is 0 Å². The number of piperidine rings is 1. The van der Waals surface area contributed by atoms with Gasteiger partial charge in [0.2, 0.25) is 0 Å². The predicted octanol–water partition coefficient (Wildman–Crippen LogP) is 1.26. The molecule has 1 N–H and O–H groups in total. The van der Waals surface area contributed by atoms with E-state index in [1.54, 1.807) is 0 Å². The van der Waals surface area contributed by atoms with Crippen molar-refractivity contribution in [1.29, 1.82) is 0 Å². The van der Waals surface area contributed by atoms with Gasteiger partial charge in [-0.15, -0.1) is 0 Å². The van der Waals surface area contributed by atoms with Crippen molar-refractivity contribution < 1.29 is 4.84 Å². The molecular formula is C10H22N2O. The Morgan fingerprint density at radius 2 is 2.31 bits per heavy atom. The van der Waals surface area contributed by atoms with Gasteiger partial charge in [-0.1, -0.05) is 13.8 Å². The van der Waals surface area contributed by atoms with E-state index in [1.807, 2.05) is 0 Å². The van der Waals surface area contributed by atoms with E-state index in [-0.39, 0.29) is 0 Å². The Hall–Kier alpha value is -0.120. The Morgan fingerprint density at radius 1 is 1.54 bits per heavy atom. The summed E-state index contributed by atoms with van der Waals surface area (Å²) >= 11 is 0. The molecule has 1 saturated heterocycles. The molecule has 1 fully saturated rings. The summed E-state index contributed by atoms with van der Waals surface area (Å²) in [5.41, 5.74) is 3.14. The zero-order valence-corrected chi connectivity index (χ0v) is 9.05. The zero-order chi connectivity index (χ0) is 9.68. The molecule has 0 radical (unpaired) electrons. The van der Waals surface area contributed by atoms with Gasteiger partial charge in [0.05, 0.1) is 6.61 Å². The van der Waals surface area contributed by atoms with Crippen LogP contribution in [0.5, 0.6) is 0 Å². The van der Waals surface area contributed by atoms with Crippen molar-refractivity contribution in [2.45, 2.75) is 32.7 Å². The molecule has 0 aromatic heterocycles. The van der Waals surface area contributed by atoms with Gasteiger partial charge in [-0.2, -0.15) is 5.48 Å². The minimum absolute atomic E-state index is 0.525. The van der Waals surface area contributed by atoms with Crippen molar-refractivity contribution in [3.8, 4) is 0 Å². The van der Waals surface area contributed by atoms with Gasteiger partial charge < -0.3 is 9.74 Å². The number of hydrogen-bond acceptors (Lipinski definition) is 3. The Kier molecular flexibility index (Phi) is 4.70. The van der Waals surface area contributed by atoms with Crippen LogP contribution in [-0.2, 0) is 4.84 Å². The lowest BCUT2D eigenvalue weighted by Gasteiger charge is -2.29. The van der Waals surface area contributed by atoms with Crippen LogP contribution in [0.1, 0.15) is 26.7 Å². The van der Waals surface area contributed by atoms with Crippen molar-refractivity contribution in [3.05, 3.63) is 0 Å². The minimum Gasteiger partial charge on any atom is -0.305 e. The van der Waals surface area contributed by atoms with Gasteiger partial charge in [-0.3, -0.25) is 0 Å².